The monoisotopic (exact) mass is 389 g/mol. The lowest BCUT2D eigenvalue weighted by atomic mass is 10.0. The van der Waals surface area contributed by atoms with Crippen LogP contribution in [0.25, 0.3) is 0 Å². The molecule has 4 heterocycles. The van der Waals surface area contributed by atoms with Gasteiger partial charge in [0.25, 0.3) is 0 Å². The van der Waals surface area contributed by atoms with Crippen molar-refractivity contribution in [1.29, 1.82) is 0 Å². The van der Waals surface area contributed by atoms with Crippen molar-refractivity contribution in [2.24, 2.45) is 5.92 Å². The van der Waals surface area contributed by atoms with E-state index in [4.69, 9.17) is 4.55 Å². The summed E-state index contributed by atoms with van der Waals surface area (Å²) in [4.78, 5) is 14.0. The molecule has 1 aromatic heterocycles. The zero-order chi connectivity index (χ0) is 17.6. The molecule has 0 aromatic carbocycles. The fourth-order valence-electron chi connectivity index (χ4n) is 3.71. The summed E-state index contributed by atoms with van der Waals surface area (Å²) in [6.07, 6.45) is 3.24. The number of fused-ring (bicyclic) bond motifs is 2. The number of nitrogens with one attached hydrogen (secondary N) is 1. The Kier molecular flexibility index (Phi) is 4.40. The maximum absolute atomic E-state index is 12.4. The Balaban J connectivity index is 1.47. The van der Waals surface area contributed by atoms with Gasteiger partial charge in [-0.2, -0.15) is 13.5 Å². The Labute approximate surface area is 149 Å². The van der Waals surface area contributed by atoms with Gasteiger partial charge in [-0.1, -0.05) is 11.3 Å². The van der Waals surface area contributed by atoms with Crippen LogP contribution in [-0.2, 0) is 21.1 Å². The molecular formula is C13H19N5O5S2. The second-order valence-corrected chi connectivity index (χ2v) is 8.71. The van der Waals surface area contributed by atoms with Crippen LogP contribution in [-0.4, -0.2) is 64.8 Å². The summed E-state index contributed by atoms with van der Waals surface area (Å²) in [5, 5.41) is 14.3. The van der Waals surface area contributed by atoms with E-state index in [1.807, 2.05) is 0 Å². The summed E-state index contributed by atoms with van der Waals surface area (Å²) in [7, 11) is -4.72. The molecule has 25 heavy (non-hydrogen) atoms. The highest BCUT2D eigenvalue weighted by Crippen LogP contribution is 2.39. The van der Waals surface area contributed by atoms with Gasteiger partial charge >= 0.3 is 16.4 Å². The maximum atomic E-state index is 12.4. The standard InChI is InChI=1S/C13H19N5O5S2/c19-13-17-7-9(18(13)23-25(20,21)22)1-2-10(17)12-16-15-11(24-12)5-8-3-4-14-6-8/h8-10,14H,1-7H2,(H,20,21,22)/t8-,9-,10+/m1/s1. The van der Waals surface area contributed by atoms with Gasteiger partial charge in [-0.3, -0.25) is 4.55 Å². The fraction of sp³-hybridized carbons (Fsp3) is 0.769. The van der Waals surface area contributed by atoms with Gasteiger partial charge in [-0.05, 0) is 38.3 Å². The number of urea groups is 1. The minimum atomic E-state index is -4.72. The third-order valence-electron chi connectivity index (χ3n) is 4.89. The molecule has 2 amide bonds. The highest BCUT2D eigenvalue weighted by atomic mass is 32.3. The van der Waals surface area contributed by atoms with E-state index in [9.17, 15) is 13.2 Å². The van der Waals surface area contributed by atoms with Crippen molar-refractivity contribution in [3.63, 3.8) is 0 Å². The first-order valence-electron chi connectivity index (χ1n) is 8.20. The van der Waals surface area contributed by atoms with E-state index in [1.165, 1.54) is 11.3 Å². The van der Waals surface area contributed by atoms with Crippen LogP contribution >= 0.6 is 11.3 Å². The SMILES string of the molecule is O=C1N2C[C@@H](CC[C@H]2c2nnc(C[C@H]3CCNC3)s2)N1OS(=O)(=O)O. The Hall–Kier alpha value is -1.34. The van der Waals surface area contributed by atoms with Crippen LogP contribution in [0.1, 0.15) is 35.3 Å². The summed E-state index contributed by atoms with van der Waals surface area (Å²) < 4.78 is 35.2. The van der Waals surface area contributed by atoms with Crippen molar-refractivity contribution in [3.8, 4) is 0 Å². The number of rotatable bonds is 5. The molecular weight excluding hydrogens is 370 g/mol. The molecule has 0 unspecified atom stereocenters. The van der Waals surface area contributed by atoms with Crippen LogP contribution in [0.5, 0.6) is 0 Å². The van der Waals surface area contributed by atoms with E-state index >= 15 is 0 Å². The van der Waals surface area contributed by atoms with Gasteiger partial charge in [0.05, 0.1) is 12.1 Å². The number of aromatic nitrogens is 2. The molecule has 0 spiro atoms. The topological polar surface area (TPSA) is 125 Å². The Bertz CT molecular complexity index is 763. The van der Waals surface area contributed by atoms with E-state index in [1.54, 1.807) is 4.90 Å². The Morgan fingerprint density at radius 3 is 2.88 bits per heavy atom. The smallest absolute Gasteiger partial charge is 0.316 e. The molecule has 12 heteroatoms. The van der Waals surface area contributed by atoms with Crippen LogP contribution in [0.4, 0.5) is 4.79 Å². The lowest BCUT2D eigenvalue weighted by Gasteiger charge is -2.28. The van der Waals surface area contributed by atoms with Crippen LogP contribution < -0.4 is 5.32 Å². The van der Waals surface area contributed by atoms with E-state index in [0.29, 0.717) is 25.3 Å². The average Bonchev–Trinajstić information content (AvgIpc) is 3.26. The van der Waals surface area contributed by atoms with E-state index in [-0.39, 0.29) is 12.1 Å². The molecule has 0 aliphatic carbocycles. The van der Waals surface area contributed by atoms with E-state index in [2.05, 4.69) is 19.8 Å². The number of carbonyl (C=O) groups excluding carboxylic acids is 1. The van der Waals surface area contributed by atoms with Crippen molar-refractivity contribution in [2.45, 2.75) is 37.8 Å². The molecule has 0 radical (unpaired) electrons. The summed E-state index contributed by atoms with van der Waals surface area (Å²) in [6.45, 7) is 2.37. The number of amides is 2. The predicted molar refractivity (Wildman–Crippen MR) is 86.9 cm³/mol. The third kappa shape index (κ3) is 3.49. The zero-order valence-electron chi connectivity index (χ0n) is 13.4. The van der Waals surface area contributed by atoms with Crippen LogP contribution in [0.15, 0.2) is 0 Å². The summed E-state index contributed by atoms with van der Waals surface area (Å²) >= 11 is 1.51. The minimum absolute atomic E-state index is 0.230. The van der Waals surface area contributed by atoms with E-state index in [0.717, 1.165) is 41.0 Å². The first-order chi connectivity index (χ1) is 11.9. The summed E-state index contributed by atoms with van der Waals surface area (Å²) in [6, 6.07) is -1.18. The first kappa shape index (κ1) is 17.1. The number of carbonyl (C=O) groups is 1. The molecule has 3 fully saturated rings. The summed E-state index contributed by atoms with van der Waals surface area (Å²) in [5.74, 6) is 0.573. The quantitative estimate of drug-likeness (QED) is 0.692. The van der Waals surface area contributed by atoms with Gasteiger partial charge in [-0.15, -0.1) is 14.5 Å². The van der Waals surface area contributed by atoms with Gasteiger partial charge in [-0.25, -0.2) is 4.79 Å². The van der Waals surface area contributed by atoms with Crippen molar-refractivity contribution < 1.29 is 22.0 Å². The van der Waals surface area contributed by atoms with Crippen molar-refractivity contribution in [3.05, 3.63) is 10.0 Å². The Morgan fingerprint density at radius 1 is 1.32 bits per heavy atom. The van der Waals surface area contributed by atoms with Crippen molar-refractivity contribution in [2.75, 3.05) is 19.6 Å². The van der Waals surface area contributed by atoms with Gasteiger partial charge in [0.2, 0.25) is 0 Å². The Morgan fingerprint density at radius 2 is 2.16 bits per heavy atom. The van der Waals surface area contributed by atoms with Crippen LogP contribution in [0, 0.1) is 5.92 Å². The molecule has 3 aliphatic rings. The molecule has 4 rings (SSSR count). The van der Waals surface area contributed by atoms with Gasteiger partial charge in [0, 0.05) is 13.0 Å². The predicted octanol–water partition coefficient (Wildman–Crippen LogP) is 0.366. The van der Waals surface area contributed by atoms with Crippen molar-refractivity contribution >= 4 is 27.8 Å². The molecule has 3 aliphatic heterocycles. The lowest BCUT2D eigenvalue weighted by Crippen LogP contribution is -2.35. The average molecular weight is 389 g/mol. The molecule has 3 atom stereocenters. The number of hydroxylamine groups is 2. The van der Waals surface area contributed by atoms with E-state index < -0.39 is 16.4 Å². The zero-order valence-corrected chi connectivity index (χ0v) is 15.0. The number of nitrogens with zero attached hydrogens (tertiary/aromatic N) is 4. The second-order valence-electron chi connectivity index (χ2n) is 6.61. The maximum Gasteiger partial charge on any atom is 0.418 e. The summed E-state index contributed by atoms with van der Waals surface area (Å²) in [5.41, 5.74) is 0. The lowest BCUT2D eigenvalue weighted by molar-refractivity contribution is -0.0317. The number of piperidine rings is 1. The fourth-order valence-corrected chi connectivity index (χ4v) is 5.20. The highest BCUT2D eigenvalue weighted by molar-refractivity contribution is 7.80. The first-order valence-corrected chi connectivity index (χ1v) is 10.4. The highest BCUT2D eigenvalue weighted by Gasteiger charge is 2.48. The van der Waals surface area contributed by atoms with Crippen molar-refractivity contribution in [1.82, 2.24) is 25.5 Å². The van der Waals surface area contributed by atoms with Crippen LogP contribution in [0.2, 0.25) is 0 Å². The molecule has 1 aromatic rings. The minimum Gasteiger partial charge on any atom is -0.316 e. The van der Waals surface area contributed by atoms with Crippen LogP contribution in [0.3, 0.4) is 0 Å². The molecule has 3 saturated heterocycles. The van der Waals surface area contributed by atoms with Gasteiger partial charge in [0.1, 0.15) is 10.0 Å². The molecule has 10 nitrogen and oxygen atoms in total. The number of hydrogen-bond acceptors (Lipinski definition) is 8. The molecule has 0 saturated carbocycles. The molecule has 2 bridgehead atoms. The second kappa shape index (κ2) is 6.43. The number of hydrogen-bond donors (Lipinski definition) is 2. The third-order valence-corrected chi connectivity index (χ3v) is 6.29. The largest absolute Gasteiger partial charge is 0.418 e. The molecule has 2 N–H and O–H groups in total. The molecule has 138 valence electrons. The van der Waals surface area contributed by atoms with Gasteiger partial charge in [0.15, 0.2) is 0 Å². The normalized spacial score (nSPS) is 29.6. The van der Waals surface area contributed by atoms with Gasteiger partial charge < -0.3 is 10.2 Å².